The van der Waals surface area contributed by atoms with Gasteiger partial charge in [0.25, 0.3) is 0 Å². The van der Waals surface area contributed by atoms with E-state index in [2.05, 4.69) is 0 Å². The van der Waals surface area contributed by atoms with Crippen molar-refractivity contribution in [2.24, 2.45) is 0 Å². The van der Waals surface area contributed by atoms with E-state index in [1.54, 1.807) is 25.3 Å². The van der Waals surface area contributed by atoms with Crippen molar-refractivity contribution in [1.82, 2.24) is 0 Å². The van der Waals surface area contributed by atoms with E-state index in [0.29, 0.717) is 5.57 Å². The summed E-state index contributed by atoms with van der Waals surface area (Å²) in [5.41, 5.74) is 0.685. The van der Waals surface area contributed by atoms with Crippen molar-refractivity contribution in [3.63, 3.8) is 0 Å². The van der Waals surface area contributed by atoms with Crippen LogP contribution in [0.5, 0.6) is 0 Å². The summed E-state index contributed by atoms with van der Waals surface area (Å²) >= 11 is 0. The molecule has 0 aromatic heterocycles. The van der Waals surface area contributed by atoms with Crippen molar-refractivity contribution in [3.8, 4) is 0 Å². The van der Waals surface area contributed by atoms with Gasteiger partial charge in [-0.15, -0.1) is 0 Å². The van der Waals surface area contributed by atoms with Gasteiger partial charge in [0.05, 0.1) is 0 Å². The van der Waals surface area contributed by atoms with Crippen LogP contribution in [0.25, 0.3) is 0 Å². The monoisotopic (exact) mass is 240 g/mol. The SMILES string of the molecule is COC1C=CC(C=CC(=O)O)=CC1(OC)OC. The topological polar surface area (TPSA) is 65.0 Å². The summed E-state index contributed by atoms with van der Waals surface area (Å²) in [5.74, 6) is -2.03. The minimum Gasteiger partial charge on any atom is -0.478 e. The Hall–Kier alpha value is -1.43. The van der Waals surface area contributed by atoms with Crippen LogP contribution < -0.4 is 0 Å². The molecule has 0 radical (unpaired) electrons. The minimum atomic E-state index is -1.03. The molecule has 94 valence electrons. The number of carboxylic acids is 1. The van der Waals surface area contributed by atoms with Crippen LogP contribution in [0.3, 0.4) is 0 Å². The van der Waals surface area contributed by atoms with E-state index in [0.717, 1.165) is 6.08 Å². The van der Waals surface area contributed by atoms with Gasteiger partial charge in [0.1, 0.15) is 6.10 Å². The van der Waals surface area contributed by atoms with E-state index in [1.165, 1.54) is 20.3 Å². The smallest absolute Gasteiger partial charge is 0.328 e. The first kappa shape index (κ1) is 13.6. The zero-order valence-corrected chi connectivity index (χ0v) is 10.0. The van der Waals surface area contributed by atoms with Crippen LogP contribution >= 0.6 is 0 Å². The molecule has 1 aliphatic rings. The van der Waals surface area contributed by atoms with E-state index in [9.17, 15) is 4.79 Å². The Labute approximate surface area is 100.0 Å². The van der Waals surface area contributed by atoms with Crippen LogP contribution in [0.15, 0.2) is 36.0 Å². The summed E-state index contributed by atoms with van der Waals surface area (Å²) in [6.07, 6.45) is 7.34. The Morgan fingerprint density at radius 3 is 2.53 bits per heavy atom. The van der Waals surface area contributed by atoms with Gasteiger partial charge < -0.3 is 19.3 Å². The van der Waals surface area contributed by atoms with Crippen molar-refractivity contribution in [1.29, 1.82) is 0 Å². The third-order valence-electron chi connectivity index (χ3n) is 2.54. The highest BCUT2D eigenvalue weighted by molar-refractivity contribution is 5.80. The van der Waals surface area contributed by atoms with Crippen LogP contribution in [0.4, 0.5) is 0 Å². The molecule has 17 heavy (non-hydrogen) atoms. The number of hydrogen-bond acceptors (Lipinski definition) is 4. The number of ether oxygens (including phenoxy) is 3. The molecule has 0 heterocycles. The largest absolute Gasteiger partial charge is 0.478 e. The molecular weight excluding hydrogens is 224 g/mol. The number of allylic oxidation sites excluding steroid dienone is 3. The van der Waals surface area contributed by atoms with Gasteiger partial charge in [-0.2, -0.15) is 0 Å². The molecule has 0 saturated heterocycles. The fraction of sp³-hybridized carbons (Fsp3) is 0.417. The number of carboxylic acid groups (broad SMARTS) is 1. The Balaban J connectivity index is 3.00. The predicted octanol–water partition coefficient (Wildman–Crippen LogP) is 1.13. The van der Waals surface area contributed by atoms with Gasteiger partial charge in [0.2, 0.25) is 5.79 Å². The van der Waals surface area contributed by atoms with Crippen LogP contribution in [0.1, 0.15) is 0 Å². The lowest BCUT2D eigenvalue weighted by molar-refractivity contribution is -0.221. The first-order valence-corrected chi connectivity index (χ1v) is 5.03. The molecular formula is C12H16O5. The summed E-state index contributed by atoms with van der Waals surface area (Å²) in [7, 11) is 4.56. The van der Waals surface area contributed by atoms with Gasteiger partial charge in [-0.1, -0.05) is 6.08 Å². The van der Waals surface area contributed by atoms with Crippen molar-refractivity contribution >= 4 is 5.97 Å². The molecule has 1 N–H and O–H groups in total. The summed E-state index contributed by atoms with van der Waals surface area (Å²) in [4.78, 5) is 10.4. The Bertz CT molecular complexity index is 363. The molecule has 0 amide bonds. The van der Waals surface area contributed by atoms with Crippen LogP contribution in [0, 0.1) is 0 Å². The molecule has 5 heteroatoms. The maximum Gasteiger partial charge on any atom is 0.328 e. The number of carbonyl (C=O) groups is 1. The number of methoxy groups -OCH3 is 3. The number of aliphatic carboxylic acids is 1. The molecule has 0 spiro atoms. The maximum atomic E-state index is 10.4. The van der Waals surface area contributed by atoms with Gasteiger partial charge in [-0.25, -0.2) is 4.79 Å². The first-order valence-electron chi connectivity index (χ1n) is 5.03. The summed E-state index contributed by atoms with van der Waals surface area (Å²) in [6.45, 7) is 0. The maximum absolute atomic E-state index is 10.4. The zero-order chi connectivity index (χ0) is 12.9. The molecule has 0 aromatic rings. The van der Waals surface area contributed by atoms with Crippen LogP contribution in [-0.2, 0) is 19.0 Å². The minimum absolute atomic E-state index is 0.375. The van der Waals surface area contributed by atoms with Crippen LogP contribution in [-0.4, -0.2) is 44.3 Å². The normalized spacial score (nSPS) is 22.8. The van der Waals surface area contributed by atoms with Gasteiger partial charge in [0.15, 0.2) is 0 Å². The van der Waals surface area contributed by atoms with E-state index in [1.807, 2.05) is 0 Å². The van der Waals surface area contributed by atoms with Gasteiger partial charge in [-0.3, -0.25) is 0 Å². The highest BCUT2D eigenvalue weighted by Gasteiger charge is 2.38. The molecule has 1 atom stereocenters. The molecule has 0 aliphatic heterocycles. The van der Waals surface area contributed by atoms with Crippen molar-refractivity contribution in [3.05, 3.63) is 36.0 Å². The van der Waals surface area contributed by atoms with E-state index >= 15 is 0 Å². The second-order valence-electron chi connectivity index (χ2n) is 3.46. The molecule has 1 aliphatic carbocycles. The molecule has 1 unspecified atom stereocenters. The third-order valence-corrected chi connectivity index (χ3v) is 2.54. The molecule has 0 fully saturated rings. The molecule has 5 nitrogen and oxygen atoms in total. The van der Waals surface area contributed by atoms with Crippen LogP contribution in [0.2, 0.25) is 0 Å². The first-order chi connectivity index (χ1) is 8.07. The Morgan fingerprint density at radius 1 is 1.41 bits per heavy atom. The Morgan fingerprint density at radius 2 is 2.06 bits per heavy atom. The lowest BCUT2D eigenvalue weighted by Crippen LogP contribution is -2.45. The predicted molar refractivity (Wildman–Crippen MR) is 61.5 cm³/mol. The second-order valence-corrected chi connectivity index (χ2v) is 3.46. The van der Waals surface area contributed by atoms with Gasteiger partial charge in [0, 0.05) is 27.4 Å². The zero-order valence-electron chi connectivity index (χ0n) is 10.0. The fourth-order valence-electron chi connectivity index (χ4n) is 1.64. The fourth-order valence-corrected chi connectivity index (χ4v) is 1.64. The summed E-state index contributed by atoms with van der Waals surface area (Å²) in [6, 6.07) is 0. The third kappa shape index (κ3) is 3.03. The molecule has 1 rings (SSSR count). The average molecular weight is 240 g/mol. The Kier molecular flexibility index (Phi) is 4.62. The highest BCUT2D eigenvalue weighted by Crippen LogP contribution is 2.28. The summed E-state index contributed by atoms with van der Waals surface area (Å²) in [5, 5.41) is 8.56. The van der Waals surface area contributed by atoms with Gasteiger partial charge >= 0.3 is 5.97 Å². The van der Waals surface area contributed by atoms with E-state index in [-0.39, 0.29) is 6.10 Å². The highest BCUT2D eigenvalue weighted by atomic mass is 16.7. The van der Waals surface area contributed by atoms with E-state index in [4.69, 9.17) is 19.3 Å². The number of hydrogen-bond donors (Lipinski definition) is 1. The quantitative estimate of drug-likeness (QED) is 0.576. The van der Waals surface area contributed by atoms with E-state index < -0.39 is 11.8 Å². The van der Waals surface area contributed by atoms with Crippen molar-refractivity contribution in [2.75, 3.05) is 21.3 Å². The standard InChI is InChI=1S/C12H16O5/c1-15-10-6-4-9(5-7-11(13)14)8-12(10,16-2)17-3/h4-8,10H,1-3H3,(H,13,14). The summed E-state index contributed by atoms with van der Waals surface area (Å²) < 4.78 is 15.9. The second kappa shape index (κ2) is 5.77. The molecule has 0 bridgehead atoms. The van der Waals surface area contributed by atoms with Crippen molar-refractivity contribution in [2.45, 2.75) is 11.9 Å². The molecule has 0 aromatic carbocycles. The van der Waals surface area contributed by atoms with Gasteiger partial charge in [-0.05, 0) is 23.8 Å². The molecule has 0 saturated carbocycles. The lowest BCUT2D eigenvalue weighted by atomic mass is 9.98. The number of rotatable bonds is 5. The van der Waals surface area contributed by atoms with Crippen molar-refractivity contribution < 1.29 is 24.1 Å². The average Bonchev–Trinajstić information content (AvgIpc) is 2.35. The lowest BCUT2D eigenvalue weighted by Gasteiger charge is -2.35.